The number of amides is 1. The monoisotopic (exact) mass is 604 g/mol. The fraction of sp³-hybridized carbons (Fsp3) is 0.355. The van der Waals surface area contributed by atoms with Crippen molar-refractivity contribution in [2.24, 2.45) is 28.2 Å². The van der Waals surface area contributed by atoms with Crippen LogP contribution in [0.15, 0.2) is 43.0 Å². The Kier molecular flexibility index (Phi) is 8.79. The highest BCUT2D eigenvalue weighted by atomic mass is 16.6. The minimum atomic E-state index is -1.07. The molecular formula is C31H36N6O7. The zero-order valence-corrected chi connectivity index (χ0v) is 25.8. The summed E-state index contributed by atoms with van der Waals surface area (Å²) in [6.07, 6.45) is 5.86. The molecule has 0 spiro atoms. The van der Waals surface area contributed by atoms with Gasteiger partial charge in [-0.25, -0.2) is 14.6 Å². The quantitative estimate of drug-likeness (QED) is 0.245. The molecule has 1 amide bonds. The molecule has 2 N–H and O–H groups in total. The Morgan fingerprint density at radius 1 is 0.727 bits per heavy atom. The number of aromatic carboxylic acids is 1. The number of Topliss-reactive ketones (excluding diaryl/α,β-unsaturated/α-hetero) is 3. The summed E-state index contributed by atoms with van der Waals surface area (Å²) in [4.78, 5) is 67.0. The van der Waals surface area contributed by atoms with E-state index in [1.54, 1.807) is 99.6 Å². The first-order valence-corrected chi connectivity index (χ1v) is 13.8. The molecule has 4 rings (SSSR count). The molecule has 13 nitrogen and oxygen atoms in total. The number of nitrogens with one attached hydrogen (secondary N) is 1. The van der Waals surface area contributed by atoms with Crippen molar-refractivity contribution in [2.75, 3.05) is 5.32 Å². The van der Waals surface area contributed by atoms with Crippen molar-refractivity contribution in [3.8, 4) is 0 Å². The summed E-state index contributed by atoms with van der Waals surface area (Å²) >= 11 is 0. The van der Waals surface area contributed by atoms with Gasteiger partial charge in [-0.15, -0.1) is 0 Å². The summed E-state index contributed by atoms with van der Waals surface area (Å²) in [6, 6.07) is 4.67. The first-order valence-electron chi connectivity index (χ1n) is 13.8. The summed E-state index contributed by atoms with van der Waals surface area (Å²) in [5, 5.41) is 11.9. The van der Waals surface area contributed by atoms with Crippen LogP contribution >= 0.6 is 0 Å². The van der Waals surface area contributed by atoms with Gasteiger partial charge in [0.25, 0.3) is 0 Å². The zero-order chi connectivity index (χ0) is 32.5. The average molecular weight is 605 g/mol. The van der Waals surface area contributed by atoms with Gasteiger partial charge in [0.1, 0.15) is 11.3 Å². The molecule has 44 heavy (non-hydrogen) atoms. The first kappa shape index (κ1) is 31.7. The molecule has 0 fully saturated rings. The number of carbonyl (C=O) groups is 5. The van der Waals surface area contributed by atoms with Crippen molar-refractivity contribution < 1.29 is 33.8 Å². The van der Waals surface area contributed by atoms with Gasteiger partial charge >= 0.3 is 12.1 Å². The highest BCUT2D eigenvalue weighted by Gasteiger charge is 2.22. The Bertz CT molecular complexity index is 1780. The minimum Gasteiger partial charge on any atom is -0.477 e. The molecule has 232 valence electrons. The van der Waals surface area contributed by atoms with E-state index in [2.05, 4.69) is 10.3 Å². The molecule has 0 bridgehead atoms. The van der Waals surface area contributed by atoms with Gasteiger partial charge in [0.15, 0.2) is 17.4 Å². The van der Waals surface area contributed by atoms with Crippen LogP contribution in [0.5, 0.6) is 0 Å². The summed E-state index contributed by atoms with van der Waals surface area (Å²) in [6.45, 7) is 5.26. The van der Waals surface area contributed by atoms with Crippen molar-refractivity contribution in [1.29, 1.82) is 0 Å². The van der Waals surface area contributed by atoms with Crippen molar-refractivity contribution in [3.63, 3.8) is 0 Å². The van der Waals surface area contributed by atoms with Crippen molar-refractivity contribution in [2.45, 2.75) is 45.6 Å². The Hall–Kier alpha value is -5.20. The van der Waals surface area contributed by atoms with Gasteiger partial charge in [0.2, 0.25) is 5.78 Å². The number of carboxylic acid groups (broad SMARTS) is 1. The molecular weight excluding hydrogens is 568 g/mol. The number of ketones is 3. The fourth-order valence-electron chi connectivity index (χ4n) is 4.95. The lowest BCUT2D eigenvalue weighted by molar-refractivity contribution is 0.0633. The number of hydrogen-bond donors (Lipinski definition) is 2. The van der Waals surface area contributed by atoms with Gasteiger partial charge < -0.3 is 28.1 Å². The molecule has 0 saturated heterocycles. The summed E-state index contributed by atoms with van der Waals surface area (Å²) in [5.74, 6) is -1.64. The van der Waals surface area contributed by atoms with Crippen LogP contribution in [-0.4, -0.2) is 63.4 Å². The van der Waals surface area contributed by atoms with E-state index < -0.39 is 17.7 Å². The Morgan fingerprint density at radius 2 is 1.25 bits per heavy atom. The van der Waals surface area contributed by atoms with Crippen molar-refractivity contribution in [3.05, 3.63) is 82.7 Å². The van der Waals surface area contributed by atoms with Gasteiger partial charge in [-0.05, 0) is 50.1 Å². The number of hydrogen-bond acceptors (Lipinski definition) is 7. The van der Waals surface area contributed by atoms with E-state index in [9.17, 15) is 29.1 Å². The van der Waals surface area contributed by atoms with Gasteiger partial charge in [0, 0.05) is 65.8 Å². The third-order valence-corrected chi connectivity index (χ3v) is 6.81. The molecule has 0 atom stereocenters. The Morgan fingerprint density at radius 3 is 1.84 bits per heavy atom. The van der Waals surface area contributed by atoms with Crippen molar-refractivity contribution >= 4 is 35.1 Å². The van der Waals surface area contributed by atoms with E-state index in [4.69, 9.17) is 4.74 Å². The predicted molar refractivity (Wildman–Crippen MR) is 160 cm³/mol. The van der Waals surface area contributed by atoms with Gasteiger partial charge in [-0.2, -0.15) is 0 Å². The lowest BCUT2D eigenvalue weighted by Crippen LogP contribution is -2.27. The lowest BCUT2D eigenvalue weighted by atomic mass is 10.1. The number of rotatable bonds is 11. The molecule has 0 saturated carbocycles. The van der Waals surface area contributed by atoms with Gasteiger partial charge in [-0.3, -0.25) is 19.7 Å². The molecule has 4 heterocycles. The van der Waals surface area contributed by atoms with Crippen LogP contribution in [0.3, 0.4) is 0 Å². The largest absolute Gasteiger partial charge is 0.477 e. The van der Waals surface area contributed by atoms with Gasteiger partial charge in [0.05, 0.1) is 29.2 Å². The molecule has 4 aromatic heterocycles. The highest BCUT2D eigenvalue weighted by Crippen LogP contribution is 2.19. The third kappa shape index (κ3) is 7.41. The third-order valence-electron chi connectivity index (χ3n) is 6.81. The second-order valence-electron chi connectivity index (χ2n) is 11.8. The molecule has 0 aromatic carbocycles. The topological polar surface area (TPSA) is 159 Å². The maximum atomic E-state index is 13.2. The van der Waals surface area contributed by atoms with Crippen LogP contribution in [0, 0.1) is 0 Å². The second kappa shape index (κ2) is 12.2. The van der Waals surface area contributed by atoms with Crippen LogP contribution in [0.2, 0.25) is 0 Å². The van der Waals surface area contributed by atoms with Crippen LogP contribution in [0.1, 0.15) is 79.7 Å². The smallest absolute Gasteiger partial charge is 0.412 e. The van der Waals surface area contributed by atoms with Crippen molar-refractivity contribution in [1.82, 2.24) is 23.3 Å². The first-order chi connectivity index (χ1) is 20.5. The van der Waals surface area contributed by atoms with E-state index in [1.165, 1.54) is 10.6 Å². The Balaban J connectivity index is 1.40. The predicted octanol–water partition coefficient (Wildman–Crippen LogP) is 3.76. The molecule has 0 aliphatic carbocycles. The number of ether oxygens (including phenoxy) is 1. The summed E-state index contributed by atoms with van der Waals surface area (Å²) < 4.78 is 11.5. The number of imidazole rings is 1. The number of carboxylic acids is 1. The fourth-order valence-corrected chi connectivity index (χ4v) is 4.95. The van der Waals surface area contributed by atoms with E-state index >= 15 is 0 Å². The number of anilines is 1. The van der Waals surface area contributed by atoms with Crippen LogP contribution in [-0.2, 0) is 52.2 Å². The molecule has 0 aliphatic rings. The van der Waals surface area contributed by atoms with Crippen LogP contribution in [0.25, 0.3) is 0 Å². The summed E-state index contributed by atoms with van der Waals surface area (Å²) in [5.41, 5.74) is 2.19. The number of aromatic nitrogens is 5. The lowest BCUT2D eigenvalue weighted by Gasteiger charge is -2.19. The standard InChI is InChI=1S/C31H36N6O7/c1-31(2,3)44-30(43)33-20-12-23(36(6)16-20)26(39)13-21-17-37(7)28(32-21)27(40)11-18-8-22(34(4)14-18)25(38)10-19-9-24(29(41)42)35(5)15-19/h8-9,12,14-17H,10-11,13H2,1-7H3,(H,33,43)(H,41,42). The van der Waals surface area contributed by atoms with E-state index in [0.717, 1.165) is 0 Å². The minimum absolute atomic E-state index is 0.00857. The molecule has 4 aromatic rings. The number of nitrogens with zero attached hydrogens (tertiary/aromatic N) is 5. The molecule has 0 unspecified atom stereocenters. The average Bonchev–Trinajstić information content (AvgIpc) is 3.64. The second-order valence-corrected chi connectivity index (χ2v) is 11.8. The van der Waals surface area contributed by atoms with Crippen LogP contribution in [0.4, 0.5) is 10.5 Å². The summed E-state index contributed by atoms with van der Waals surface area (Å²) in [7, 11) is 6.67. The van der Waals surface area contributed by atoms with Gasteiger partial charge in [-0.1, -0.05) is 0 Å². The molecule has 13 heteroatoms. The molecule has 0 radical (unpaired) electrons. The zero-order valence-electron chi connectivity index (χ0n) is 25.8. The molecule has 0 aliphatic heterocycles. The number of carbonyl (C=O) groups excluding carboxylic acids is 4. The Labute approximate surface area is 254 Å². The number of aryl methyl sites for hydroxylation is 4. The van der Waals surface area contributed by atoms with Crippen LogP contribution < -0.4 is 5.32 Å². The maximum absolute atomic E-state index is 13.2. The normalized spacial score (nSPS) is 11.4. The van der Waals surface area contributed by atoms with E-state index in [-0.39, 0.29) is 48.1 Å². The van der Waals surface area contributed by atoms with E-state index in [0.29, 0.717) is 33.9 Å². The SMILES string of the molecule is Cn1cc(CC(=O)c2cc(CC(=O)c3nc(CC(=O)c4cc(NC(=O)OC(C)(C)C)cn4C)cn3C)cn2C)cc1C(=O)O. The highest BCUT2D eigenvalue weighted by molar-refractivity contribution is 5.99. The maximum Gasteiger partial charge on any atom is 0.412 e. The van der Waals surface area contributed by atoms with E-state index in [1.807, 2.05) is 0 Å².